The first-order valence-corrected chi connectivity index (χ1v) is 8.26. The minimum atomic E-state index is -0.375. The molecule has 3 rings (SSSR count). The summed E-state index contributed by atoms with van der Waals surface area (Å²) in [4.78, 5) is 15.1. The highest BCUT2D eigenvalue weighted by Gasteiger charge is 2.19. The highest BCUT2D eigenvalue weighted by molar-refractivity contribution is 6.32. The van der Waals surface area contributed by atoms with E-state index >= 15 is 0 Å². The number of nitrogens with zero attached hydrogens (tertiary/aromatic N) is 1. The topological polar surface area (TPSA) is 29.5 Å². The number of halogens is 1. The fourth-order valence-corrected chi connectivity index (χ4v) is 2.97. The molecule has 0 bridgehead atoms. The molecule has 0 saturated carbocycles. The Hall–Kier alpha value is -3.14. The number of rotatable bonds is 5. The molecule has 0 aliphatic heterocycles. The van der Waals surface area contributed by atoms with E-state index in [1.54, 1.807) is 42.5 Å². The van der Waals surface area contributed by atoms with Crippen molar-refractivity contribution in [3.05, 3.63) is 83.8 Å². The van der Waals surface area contributed by atoms with Crippen LogP contribution in [0, 0.1) is 5.82 Å². The van der Waals surface area contributed by atoms with Crippen LogP contribution in [0.25, 0.3) is 16.3 Å². The van der Waals surface area contributed by atoms with Gasteiger partial charge in [-0.05, 0) is 35.2 Å². The van der Waals surface area contributed by atoms with E-state index in [9.17, 15) is 9.18 Å². The normalized spacial score (nSPS) is 11.5. The molecule has 0 heterocycles. The molecule has 0 aliphatic rings. The second-order valence-corrected chi connectivity index (χ2v) is 6.21. The van der Waals surface area contributed by atoms with Gasteiger partial charge in [-0.1, -0.05) is 36.4 Å². The maximum absolute atomic E-state index is 13.7. The fourth-order valence-electron chi connectivity index (χ4n) is 2.97. The first kappa shape index (κ1) is 17.7. The van der Waals surface area contributed by atoms with Crippen LogP contribution in [0.3, 0.4) is 0 Å². The molecule has 0 saturated heterocycles. The lowest BCUT2D eigenvalue weighted by molar-refractivity contribution is 0.105. The third kappa shape index (κ3) is 3.45. The number of allylic oxidation sites excluding steroid dienone is 1. The SMILES string of the molecule is COc1ccc(C(=O)/C(=C/N(C)C)c2cccc(F)c2)c2ccccc12. The van der Waals surface area contributed by atoms with E-state index < -0.39 is 0 Å². The van der Waals surface area contributed by atoms with Crippen molar-refractivity contribution in [2.24, 2.45) is 0 Å². The predicted octanol–water partition coefficient (Wildman–Crippen LogP) is 4.77. The van der Waals surface area contributed by atoms with Crippen LogP contribution < -0.4 is 4.74 Å². The van der Waals surface area contributed by atoms with Crippen LogP contribution in [-0.4, -0.2) is 31.9 Å². The molecule has 3 nitrogen and oxygen atoms in total. The zero-order valence-corrected chi connectivity index (χ0v) is 15.0. The molecule has 0 N–H and O–H groups in total. The van der Waals surface area contributed by atoms with Crippen LogP contribution in [-0.2, 0) is 0 Å². The van der Waals surface area contributed by atoms with Crippen LogP contribution in [0.2, 0.25) is 0 Å². The van der Waals surface area contributed by atoms with Gasteiger partial charge in [0.2, 0.25) is 0 Å². The smallest absolute Gasteiger partial charge is 0.195 e. The molecular formula is C22H20FNO2. The van der Waals surface area contributed by atoms with E-state index in [1.807, 2.05) is 38.4 Å². The minimum Gasteiger partial charge on any atom is -0.496 e. The van der Waals surface area contributed by atoms with Gasteiger partial charge in [-0.3, -0.25) is 4.79 Å². The molecule has 0 radical (unpaired) electrons. The summed E-state index contributed by atoms with van der Waals surface area (Å²) in [5.74, 6) is 0.170. The van der Waals surface area contributed by atoms with Crippen molar-refractivity contribution in [2.75, 3.05) is 21.2 Å². The first-order valence-electron chi connectivity index (χ1n) is 8.26. The molecule has 0 fully saturated rings. The monoisotopic (exact) mass is 349 g/mol. The van der Waals surface area contributed by atoms with Gasteiger partial charge in [0.1, 0.15) is 11.6 Å². The Labute approximate surface area is 152 Å². The number of benzene rings is 3. The van der Waals surface area contributed by atoms with Gasteiger partial charge < -0.3 is 9.64 Å². The Morgan fingerprint density at radius 1 is 1.00 bits per heavy atom. The molecule has 0 amide bonds. The van der Waals surface area contributed by atoms with Crippen molar-refractivity contribution in [1.82, 2.24) is 4.90 Å². The third-order valence-corrected chi connectivity index (χ3v) is 4.12. The van der Waals surface area contributed by atoms with Crippen LogP contribution in [0.4, 0.5) is 4.39 Å². The first-order chi connectivity index (χ1) is 12.5. The Bertz CT molecular complexity index is 992. The number of carbonyl (C=O) groups is 1. The number of carbonyl (C=O) groups excluding carboxylic acids is 1. The van der Waals surface area contributed by atoms with E-state index in [4.69, 9.17) is 4.74 Å². The van der Waals surface area contributed by atoms with Crippen LogP contribution in [0.1, 0.15) is 15.9 Å². The van der Waals surface area contributed by atoms with Crippen molar-refractivity contribution in [3.8, 4) is 5.75 Å². The second-order valence-electron chi connectivity index (χ2n) is 6.21. The standard InChI is InChI=1S/C22H20FNO2/c1-24(2)14-20(15-7-6-8-16(23)13-15)22(25)19-11-12-21(26-3)18-10-5-4-9-17(18)19/h4-14H,1-3H3/b20-14+. The third-order valence-electron chi connectivity index (χ3n) is 4.12. The van der Waals surface area contributed by atoms with Crippen molar-refractivity contribution in [3.63, 3.8) is 0 Å². The fraction of sp³-hybridized carbons (Fsp3) is 0.136. The van der Waals surface area contributed by atoms with E-state index in [0.717, 1.165) is 10.8 Å². The number of hydrogen-bond donors (Lipinski definition) is 0. The zero-order valence-electron chi connectivity index (χ0n) is 15.0. The van der Waals surface area contributed by atoms with E-state index in [2.05, 4.69) is 0 Å². The average Bonchev–Trinajstić information content (AvgIpc) is 2.64. The maximum Gasteiger partial charge on any atom is 0.195 e. The minimum absolute atomic E-state index is 0.164. The molecule has 0 aliphatic carbocycles. The number of ether oxygens (including phenoxy) is 1. The lowest BCUT2D eigenvalue weighted by Crippen LogP contribution is -2.10. The second kappa shape index (κ2) is 7.40. The molecule has 3 aromatic carbocycles. The molecule has 3 aromatic rings. The van der Waals surface area contributed by atoms with Crippen LogP contribution in [0.15, 0.2) is 66.9 Å². The molecular weight excluding hydrogens is 329 g/mol. The summed E-state index contributed by atoms with van der Waals surface area (Å²) in [6.07, 6.45) is 1.72. The summed E-state index contributed by atoms with van der Waals surface area (Å²) >= 11 is 0. The molecule has 4 heteroatoms. The summed E-state index contributed by atoms with van der Waals surface area (Å²) < 4.78 is 19.1. The Morgan fingerprint density at radius 2 is 1.73 bits per heavy atom. The maximum atomic E-state index is 13.7. The Balaban J connectivity index is 2.19. The number of hydrogen-bond acceptors (Lipinski definition) is 3. The average molecular weight is 349 g/mol. The van der Waals surface area contributed by atoms with Crippen LogP contribution >= 0.6 is 0 Å². The lowest BCUT2D eigenvalue weighted by atomic mass is 9.93. The Kier molecular flexibility index (Phi) is 5.03. The van der Waals surface area contributed by atoms with Gasteiger partial charge >= 0.3 is 0 Å². The van der Waals surface area contributed by atoms with Crippen molar-refractivity contribution >= 4 is 22.1 Å². The van der Waals surface area contributed by atoms with Gasteiger partial charge in [-0.25, -0.2) is 4.39 Å². The Morgan fingerprint density at radius 3 is 2.38 bits per heavy atom. The van der Waals surface area contributed by atoms with Crippen molar-refractivity contribution in [2.45, 2.75) is 0 Å². The van der Waals surface area contributed by atoms with E-state index in [0.29, 0.717) is 22.4 Å². The molecule has 0 unspecified atom stereocenters. The van der Waals surface area contributed by atoms with Crippen molar-refractivity contribution < 1.29 is 13.9 Å². The number of ketones is 1. The zero-order chi connectivity index (χ0) is 18.7. The summed E-state index contributed by atoms with van der Waals surface area (Å²) in [7, 11) is 5.27. The van der Waals surface area contributed by atoms with Crippen LogP contribution in [0.5, 0.6) is 5.75 Å². The lowest BCUT2D eigenvalue weighted by Gasteiger charge is -2.14. The number of methoxy groups -OCH3 is 1. The highest BCUT2D eigenvalue weighted by Crippen LogP contribution is 2.31. The molecule has 0 spiro atoms. The van der Waals surface area contributed by atoms with E-state index in [-0.39, 0.29) is 11.6 Å². The van der Waals surface area contributed by atoms with Gasteiger partial charge in [0.15, 0.2) is 5.78 Å². The molecule has 132 valence electrons. The van der Waals surface area contributed by atoms with Gasteiger partial charge in [-0.15, -0.1) is 0 Å². The summed E-state index contributed by atoms with van der Waals surface area (Å²) in [5.41, 5.74) is 1.53. The number of fused-ring (bicyclic) bond motifs is 1. The molecule has 26 heavy (non-hydrogen) atoms. The van der Waals surface area contributed by atoms with Gasteiger partial charge in [0.25, 0.3) is 0 Å². The molecule has 0 atom stereocenters. The van der Waals surface area contributed by atoms with Gasteiger partial charge in [0.05, 0.1) is 7.11 Å². The summed E-state index contributed by atoms with van der Waals surface area (Å²) in [6, 6.07) is 17.2. The van der Waals surface area contributed by atoms with Crippen molar-refractivity contribution in [1.29, 1.82) is 0 Å². The quantitative estimate of drug-likeness (QED) is 0.491. The molecule has 0 aromatic heterocycles. The van der Waals surface area contributed by atoms with E-state index in [1.165, 1.54) is 12.1 Å². The predicted molar refractivity (Wildman–Crippen MR) is 103 cm³/mol. The highest BCUT2D eigenvalue weighted by atomic mass is 19.1. The van der Waals surface area contributed by atoms with Gasteiger partial charge in [-0.2, -0.15) is 0 Å². The summed E-state index contributed by atoms with van der Waals surface area (Å²) in [6.45, 7) is 0. The summed E-state index contributed by atoms with van der Waals surface area (Å²) in [5, 5.41) is 1.67. The number of Topliss-reactive ketones (excluding diaryl/α,β-unsaturated/α-hetero) is 1. The largest absolute Gasteiger partial charge is 0.496 e. The van der Waals surface area contributed by atoms with Gasteiger partial charge in [0, 0.05) is 36.8 Å².